The number of rotatable bonds is 3. The Labute approximate surface area is 153 Å². The van der Waals surface area contributed by atoms with Crippen LogP contribution < -0.4 is 0 Å². The van der Waals surface area contributed by atoms with Crippen molar-refractivity contribution in [1.82, 2.24) is 0 Å². The average Bonchev–Trinajstić information content (AvgIpc) is 2.65. The van der Waals surface area contributed by atoms with E-state index >= 15 is 0 Å². The Bertz CT molecular complexity index is 804. The monoisotopic (exact) mass is 356 g/mol. The Kier molecular flexibility index (Phi) is 6.04. The lowest BCUT2D eigenvalue weighted by atomic mass is 9.77. The number of hydrogen-bond donors (Lipinski definition) is 0. The van der Waals surface area contributed by atoms with Crippen LogP contribution in [-0.2, 0) is 0 Å². The van der Waals surface area contributed by atoms with Gasteiger partial charge in [-0.25, -0.2) is 13.2 Å². The fourth-order valence-electron chi connectivity index (χ4n) is 3.79. The highest BCUT2D eigenvalue weighted by atomic mass is 19.2. The second kappa shape index (κ2) is 8.45. The summed E-state index contributed by atoms with van der Waals surface area (Å²) in [7, 11) is 0. The molecule has 0 aromatic heterocycles. The molecule has 0 amide bonds. The van der Waals surface area contributed by atoms with E-state index in [4.69, 9.17) is 0 Å². The van der Waals surface area contributed by atoms with Crippen molar-refractivity contribution in [1.29, 1.82) is 0 Å². The average molecular weight is 356 g/mol. The number of hydrogen-bond acceptors (Lipinski definition) is 0. The summed E-state index contributed by atoms with van der Waals surface area (Å²) >= 11 is 0. The molecule has 0 saturated heterocycles. The van der Waals surface area contributed by atoms with E-state index in [0.717, 1.165) is 17.5 Å². The van der Waals surface area contributed by atoms with Crippen molar-refractivity contribution < 1.29 is 13.2 Å². The van der Waals surface area contributed by atoms with Crippen LogP contribution in [0.3, 0.4) is 0 Å². The summed E-state index contributed by atoms with van der Waals surface area (Å²) in [5.41, 5.74) is 1.92. The quantitative estimate of drug-likeness (QED) is 0.430. The molecule has 0 aliphatic heterocycles. The first-order valence-electron chi connectivity index (χ1n) is 9.33. The van der Waals surface area contributed by atoms with Crippen LogP contribution in [0.25, 0.3) is 0 Å². The molecule has 0 unspecified atom stereocenters. The molecule has 3 heteroatoms. The summed E-state index contributed by atoms with van der Waals surface area (Å²) in [6, 6.07) is 9.31. The summed E-state index contributed by atoms with van der Waals surface area (Å²) < 4.78 is 39.8. The molecule has 1 aliphatic rings. The van der Waals surface area contributed by atoms with Gasteiger partial charge in [0.05, 0.1) is 5.56 Å². The Morgan fingerprint density at radius 2 is 1.50 bits per heavy atom. The fourth-order valence-corrected chi connectivity index (χ4v) is 3.79. The third-order valence-electron chi connectivity index (χ3n) is 5.28. The second-order valence-electron chi connectivity index (χ2n) is 7.12. The molecular formula is C23H23F3. The molecule has 0 spiro atoms. The first kappa shape index (κ1) is 18.6. The van der Waals surface area contributed by atoms with Gasteiger partial charge in [-0.2, -0.15) is 0 Å². The van der Waals surface area contributed by atoms with Crippen molar-refractivity contribution in [2.45, 2.75) is 51.4 Å². The third-order valence-corrected chi connectivity index (χ3v) is 5.28. The minimum Gasteiger partial charge on any atom is -0.206 e. The lowest BCUT2D eigenvalue weighted by Crippen LogP contribution is -2.13. The molecule has 0 N–H and O–H groups in total. The van der Waals surface area contributed by atoms with Crippen LogP contribution in [0.5, 0.6) is 0 Å². The Morgan fingerprint density at radius 1 is 0.846 bits per heavy atom. The van der Waals surface area contributed by atoms with Gasteiger partial charge in [0.2, 0.25) is 0 Å². The Hall–Kier alpha value is -2.21. The number of benzene rings is 2. The zero-order valence-corrected chi connectivity index (χ0v) is 15.0. The van der Waals surface area contributed by atoms with Crippen LogP contribution in [0.1, 0.15) is 68.1 Å². The predicted octanol–water partition coefficient (Wildman–Crippen LogP) is 6.58. The normalized spacial score (nSPS) is 19.7. The van der Waals surface area contributed by atoms with Gasteiger partial charge in [0.25, 0.3) is 0 Å². The summed E-state index contributed by atoms with van der Waals surface area (Å²) in [6.45, 7) is 2.25. The fraction of sp³-hybridized carbons (Fsp3) is 0.391. The van der Waals surface area contributed by atoms with Gasteiger partial charge in [-0.05, 0) is 61.3 Å². The van der Waals surface area contributed by atoms with E-state index in [1.54, 1.807) is 0 Å². The zero-order valence-electron chi connectivity index (χ0n) is 15.0. The van der Waals surface area contributed by atoms with E-state index in [0.29, 0.717) is 12.0 Å². The molecule has 136 valence electrons. The minimum absolute atomic E-state index is 0.137. The van der Waals surface area contributed by atoms with E-state index in [9.17, 15) is 13.2 Å². The van der Waals surface area contributed by atoms with Gasteiger partial charge in [0, 0.05) is 11.6 Å². The van der Waals surface area contributed by atoms with Crippen molar-refractivity contribution in [3.63, 3.8) is 0 Å². The van der Waals surface area contributed by atoms with Gasteiger partial charge < -0.3 is 0 Å². The van der Waals surface area contributed by atoms with Crippen LogP contribution in [0.2, 0.25) is 0 Å². The van der Waals surface area contributed by atoms with E-state index in [1.807, 2.05) is 12.1 Å². The van der Waals surface area contributed by atoms with Crippen molar-refractivity contribution in [3.8, 4) is 11.8 Å². The molecule has 2 aromatic carbocycles. The molecule has 0 atom stereocenters. The molecule has 0 bridgehead atoms. The summed E-state index contributed by atoms with van der Waals surface area (Å²) in [5.74, 6) is 3.75. The predicted molar refractivity (Wildman–Crippen MR) is 98.3 cm³/mol. The second-order valence-corrected chi connectivity index (χ2v) is 7.12. The first-order valence-corrected chi connectivity index (χ1v) is 9.33. The van der Waals surface area contributed by atoms with Gasteiger partial charge >= 0.3 is 0 Å². The maximum absolute atomic E-state index is 13.6. The summed E-state index contributed by atoms with van der Waals surface area (Å²) in [4.78, 5) is 0. The van der Waals surface area contributed by atoms with E-state index in [2.05, 4.69) is 30.9 Å². The lowest BCUT2D eigenvalue weighted by molar-refractivity contribution is 0.308. The van der Waals surface area contributed by atoms with Crippen LogP contribution in [0.15, 0.2) is 36.4 Å². The van der Waals surface area contributed by atoms with Crippen LogP contribution in [0, 0.1) is 35.2 Å². The van der Waals surface area contributed by atoms with Crippen molar-refractivity contribution in [2.24, 2.45) is 5.92 Å². The first-order chi connectivity index (χ1) is 12.6. The highest BCUT2D eigenvalue weighted by Gasteiger charge is 2.21. The third kappa shape index (κ3) is 4.49. The Morgan fingerprint density at radius 3 is 2.15 bits per heavy atom. The molecule has 1 aliphatic carbocycles. The van der Waals surface area contributed by atoms with E-state index < -0.39 is 17.5 Å². The number of halogens is 3. The van der Waals surface area contributed by atoms with Crippen molar-refractivity contribution in [3.05, 3.63) is 70.5 Å². The summed E-state index contributed by atoms with van der Waals surface area (Å²) in [5, 5.41) is 0. The highest BCUT2D eigenvalue weighted by molar-refractivity contribution is 5.44. The van der Waals surface area contributed by atoms with E-state index in [-0.39, 0.29) is 5.56 Å². The molecule has 1 fully saturated rings. The molecule has 26 heavy (non-hydrogen) atoms. The van der Waals surface area contributed by atoms with Gasteiger partial charge in [0.15, 0.2) is 11.6 Å². The molecular weight excluding hydrogens is 333 g/mol. The molecule has 3 rings (SSSR count). The van der Waals surface area contributed by atoms with Gasteiger partial charge in [-0.3, -0.25) is 0 Å². The molecule has 0 nitrogen and oxygen atoms in total. The van der Waals surface area contributed by atoms with Crippen LogP contribution >= 0.6 is 0 Å². The highest BCUT2D eigenvalue weighted by Crippen LogP contribution is 2.37. The van der Waals surface area contributed by atoms with Crippen molar-refractivity contribution >= 4 is 0 Å². The van der Waals surface area contributed by atoms with Gasteiger partial charge in [-0.1, -0.05) is 43.7 Å². The Balaban J connectivity index is 1.67. The zero-order chi connectivity index (χ0) is 18.5. The van der Waals surface area contributed by atoms with Crippen LogP contribution in [0.4, 0.5) is 13.2 Å². The molecule has 1 saturated carbocycles. The maximum Gasteiger partial charge on any atom is 0.161 e. The molecule has 0 radical (unpaired) electrons. The molecule has 0 heterocycles. The summed E-state index contributed by atoms with van der Waals surface area (Å²) in [6.07, 6.45) is 7.67. The van der Waals surface area contributed by atoms with Crippen LogP contribution in [-0.4, -0.2) is 0 Å². The van der Waals surface area contributed by atoms with E-state index in [1.165, 1.54) is 44.1 Å². The van der Waals surface area contributed by atoms with Gasteiger partial charge in [0.1, 0.15) is 5.82 Å². The topological polar surface area (TPSA) is 0 Å². The maximum atomic E-state index is 13.6. The van der Waals surface area contributed by atoms with Crippen molar-refractivity contribution in [2.75, 3.05) is 0 Å². The molecule has 2 aromatic rings. The lowest BCUT2D eigenvalue weighted by Gasteiger charge is -2.28. The smallest absolute Gasteiger partial charge is 0.161 e. The largest absolute Gasteiger partial charge is 0.206 e. The van der Waals surface area contributed by atoms with Gasteiger partial charge in [-0.15, -0.1) is 0 Å². The minimum atomic E-state index is -1.20. The SMILES string of the molecule is CCCC1CCC(c2ccc(C#Cc3cc(F)c(F)cc3F)cc2)CC1. The standard InChI is InChI=1S/C23H23F3/c1-2-3-16-4-9-18(10-5-16)19-11-6-17(7-12-19)8-13-20-14-22(25)23(26)15-21(20)24/h6-7,11-12,14-16,18H,2-5,9-10H2,1H3.